The summed E-state index contributed by atoms with van der Waals surface area (Å²) in [5.41, 5.74) is 24.8. The van der Waals surface area contributed by atoms with Crippen molar-refractivity contribution in [2.45, 2.75) is 25.7 Å². The molecule has 206 valence electrons. The number of carboxylic acid groups (broad SMARTS) is 2. The van der Waals surface area contributed by atoms with Crippen LogP contribution in [-0.2, 0) is 0 Å². The third kappa shape index (κ3) is 16.4. The molecule has 10 N–H and O–H groups in total. The van der Waals surface area contributed by atoms with Crippen molar-refractivity contribution < 1.29 is 15.0 Å². The van der Waals surface area contributed by atoms with Gasteiger partial charge in [-0.25, -0.2) is 0 Å². The molecule has 0 fully saturated rings. The average Bonchev–Trinajstić information content (AvgIpc) is 2.83. The maximum atomic E-state index is 8.33. The smallest absolute Gasteiger partial charge is 0.218 e. The van der Waals surface area contributed by atoms with Gasteiger partial charge in [0.25, 0.3) is 0 Å². The maximum Gasteiger partial charge on any atom is 0.218 e. The zero-order valence-corrected chi connectivity index (χ0v) is 22.0. The van der Waals surface area contributed by atoms with E-state index in [1.807, 2.05) is 0 Å². The lowest BCUT2D eigenvalue weighted by Crippen LogP contribution is -2.37. The number of anilines is 2. The summed E-state index contributed by atoms with van der Waals surface area (Å²) in [4.78, 5) is 24.8. The standard InChI is InChI=1S/C22H30Cl2N10.CH2O3/c23-15-5-9-17(10-6-15)31-21(27)33-19(25)29-13-3-1-2-4-14-30-20(26)34-22(28)32-18-11-7-16(24)8-12-18;2-1(3)4/h5-12H,1-4,13-14H2,(H5,25,27,29,31,33)(H5,26,28,30,32,34);(H2,2,3,4)/p-2. The van der Waals surface area contributed by atoms with Crippen molar-refractivity contribution in [1.29, 1.82) is 0 Å². The lowest BCUT2D eigenvalue weighted by Gasteiger charge is -2.05. The Bertz CT molecular complexity index is 1030. The van der Waals surface area contributed by atoms with Gasteiger partial charge in [0, 0.05) is 34.5 Å². The number of nitrogens with one attached hydrogen (secondary N) is 2. The van der Waals surface area contributed by atoms with Crippen LogP contribution in [0.4, 0.5) is 16.2 Å². The van der Waals surface area contributed by atoms with Crippen LogP contribution in [0.2, 0.25) is 10.0 Å². The van der Waals surface area contributed by atoms with Gasteiger partial charge in [-0.2, -0.15) is 9.98 Å². The van der Waals surface area contributed by atoms with E-state index in [2.05, 4.69) is 30.6 Å². The normalized spacial score (nSPS) is 12.4. The highest BCUT2D eigenvalue weighted by molar-refractivity contribution is 6.31. The van der Waals surface area contributed by atoms with Crippen molar-refractivity contribution in [3.63, 3.8) is 0 Å². The number of nitrogens with two attached hydrogens (primary N) is 4. The van der Waals surface area contributed by atoms with Gasteiger partial charge in [-0.05, 0) is 67.5 Å². The Kier molecular flexibility index (Phi) is 15.1. The zero-order chi connectivity index (χ0) is 28.3. The molecule has 0 saturated carbocycles. The number of guanidine groups is 4. The first-order chi connectivity index (χ1) is 18.0. The highest BCUT2D eigenvalue weighted by Gasteiger charge is 1.99. The van der Waals surface area contributed by atoms with Crippen molar-refractivity contribution in [1.82, 2.24) is 0 Å². The molecular formula is C23H30Cl2N10O3-2. The van der Waals surface area contributed by atoms with Crippen LogP contribution in [0.15, 0.2) is 68.5 Å². The molecule has 0 spiro atoms. The van der Waals surface area contributed by atoms with Gasteiger partial charge in [0.15, 0.2) is 0 Å². The topological polar surface area (TPSA) is 241 Å². The van der Waals surface area contributed by atoms with E-state index >= 15 is 0 Å². The minimum atomic E-state index is -2.33. The van der Waals surface area contributed by atoms with E-state index in [9.17, 15) is 0 Å². The van der Waals surface area contributed by atoms with Crippen molar-refractivity contribution >= 4 is 64.6 Å². The van der Waals surface area contributed by atoms with Gasteiger partial charge in [0.1, 0.15) is 0 Å². The Labute approximate surface area is 230 Å². The first kappa shape index (κ1) is 31.8. The molecule has 0 amide bonds. The number of unbranched alkanes of at least 4 members (excludes halogenated alkanes) is 3. The van der Waals surface area contributed by atoms with Gasteiger partial charge in [-0.3, -0.25) is 9.98 Å². The molecule has 2 rings (SSSR count). The monoisotopic (exact) mass is 564 g/mol. The zero-order valence-electron chi connectivity index (χ0n) is 20.4. The molecule has 2 aromatic carbocycles. The molecule has 0 aliphatic heterocycles. The summed E-state index contributed by atoms with van der Waals surface area (Å²) in [7, 11) is 0. The highest BCUT2D eigenvalue weighted by Crippen LogP contribution is 2.13. The lowest BCUT2D eigenvalue weighted by molar-refractivity contribution is -0.415. The summed E-state index contributed by atoms with van der Waals surface area (Å²) in [5.74, 6) is 0.564. The molecule has 2 aromatic rings. The fourth-order valence-corrected chi connectivity index (χ4v) is 2.95. The Morgan fingerprint density at radius 3 is 1.29 bits per heavy atom. The van der Waals surface area contributed by atoms with Crippen molar-refractivity contribution in [2.75, 3.05) is 23.7 Å². The maximum absolute atomic E-state index is 8.33. The number of carbonyl (C=O) groups excluding carboxylic acids is 1. The van der Waals surface area contributed by atoms with E-state index in [0.717, 1.165) is 37.1 Å². The number of rotatable bonds is 9. The van der Waals surface area contributed by atoms with Crippen LogP contribution in [0, 0.1) is 0 Å². The molecule has 0 saturated heterocycles. The van der Waals surface area contributed by atoms with E-state index in [0.29, 0.717) is 23.1 Å². The molecule has 0 aliphatic carbocycles. The second kappa shape index (κ2) is 18.1. The SMILES string of the molecule is NC(=NCCCCCCN=C(N)/N=C(\N)Nc1ccc(Cl)cc1)/N=C(\N)Nc1ccc(Cl)cc1.O=C([O-])[O-]. The van der Waals surface area contributed by atoms with E-state index in [1.54, 1.807) is 48.5 Å². The van der Waals surface area contributed by atoms with Gasteiger partial charge >= 0.3 is 0 Å². The molecule has 0 unspecified atom stereocenters. The average molecular weight is 565 g/mol. The Hall–Kier alpha value is -4.23. The molecule has 15 heteroatoms. The number of halogens is 2. The van der Waals surface area contributed by atoms with Gasteiger partial charge in [0.05, 0.1) is 0 Å². The molecule has 0 aromatic heterocycles. The highest BCUT2D eigenvalue weighted by atomic mass is 35.5. The third-order valence-corrected chi connectivity index (χ3v) is 4.82. The molecule has 0 aliphatic rings. The van der Waals surface area contributed by atoms with Crippen molar-refractivity contribution in [3.8, 4) is 0 Å². The van der Waals surface area contributed by atoms with Crippen LogP contribution in [0.1, 0.15) is 25.7 Å². The molecule has 0 atom stereocenters. The number of hydrogen-bond acceptors (Lipinski definition) is 5. The van der Waals surface area contributed by atoms with E-state index in [-0.39, 0.29) is 23.8 Å². The predicted molar refractivity (Wildman–Crippen MR) is 150 cm³/mol. The van der Waals surface area contributed by atoms with Crippen LogP contribution in [0.3, 0.4) is 0 Å². The number of nitrogens with zero attached hydrogens (tertiary/aromatic N) is 4. The quantitative estimate of drug-likeness (QED) is 0.143. The fourth-order valence-electron chi connectivity index (χ4n) is 2.70. The first-order valence-electron chi connectivity index (χ1n) is 11.3. The second-order valence-corrected chi connectivity index (χ2v) is 8.27. The predicted octanol–water partition coefficient (Wildman–Crippen LogP) is 0.890. The molecule has 0 radical (unpaired) electrons. The van der Waals surface area contributed by atoms with Gasteiger partial charge < -0.3 is 48.6 Å². The first-order valence-corrected chi connectivity index (χ1v) is 12.0. The summed E-state index contributed by atoms with van der Waals surface area (Å²) in [6, 6.07) is 14.1. The van der Waals surface area contributed by atoms with Crippen LogP contribution in [-0.4, -0.2) is 43.1 Å². The summed E-state index contributed by atoms with van der Waals surface area (Å²) >= 11 is 11.7. The minimum Gasteiger partial charge on any atom is -0.652 e. The molecular weight excluding hydrogens is 535 g/mol. The lowest BCUT2D eigenvalue weighted by atomic mass is 10.2. The molecule has 13 nitrogen and oxygen atoms in total. The van der Waals surface area contributed by atoms with E-state index in [1.165, 1.54) is 0 Å². The third-order valence-electron chi connectivity index (χ3n) is 4.32. The summed E-state index contributed by atoms with van der Waals surface area (Å²) < 4.78 is 0. The Morgan fingerprint density at radius 2 is 0.974 bits per heavy atom. The van der Waals surface area contributed by atoms with Gasteiger partial charge in [-0.1, -0.05) is 36.0 Å². The second-order valence-electron chi connectivity index (χ2n) is 7.40. The fraction of sp³-hybridized carbons (Fsp3) is 0.261. The Morgan fingerprint density at radius 1 is 0.658 bits per heavy atom. The van der Waals surface area contributed by atoms with Crippen molar-refractivity contribution in [2.24, 2.45) is 42.9 Å². The number of benzene rings is 2. The van der Waals surface area contributed by atoms with Crippen LogP contribution in [0.25, 0.3) is 0 Å². The van der Waals surface area contributed by atoms with Gasteiger partial charge in [-0.15, -0.1) is 0 Å². The van der Waals surface area contributed by atoms with Crippen molar-refractivity contribution in [3.05, 3.63) is 58.6 Å². The molecule has 0 heterocycles. The largest absolute Gasteiger partial charge is 0.652 e. The number of aliphatic imine (C=N–C) groups is 4. The minimum absolute atomic E-state index is 0.124. The van der Waals surface area contributed by atoms with E-state index < -0.39 is 6.16 Å². The van der Waals surface area contributed by atoms with Crippen LogP contribution >= 0.6 is 23.2 Å². The summed E-state index contributed by atoms with van der Waals surface area (Å²) in [5, 5.41) is 23.8. The molecule has 38 heavy (non-hydrogen) atoms. The van der Waals surface area contributed by atoms with Crippen LogP contribution < -0.4 is 43.8 Å². The summed E-state index contributed by atoms with van der Waals surface area (Å²) in [6.45, 7) is 1.12. The molecule has 0 bridgehead atoms. The Balaban J connectivity index is 0.00000168. The van der Waals surface area contributed by atoms with Gasteiger partial charge in [0.2, 0.25) is 23.8 Å². The number of carbonyl (C=O) groups is 1. The number of hydrogen-bond donors (Lipinski definition) is 6. The van der Waals surface area contributed by atoms with Crippen LogP contribution in [0.5, 0.6) is 0 Å². The summed E-state index contributed by atoms with van der Waals surface area (Å²) in [6.07, 6.45) is 1.35. The van der Waals surface area contributed by atoms with E-state index in [4.69, 9.17) is 61.1 Å².